The molecule has 0 atom stereocenters. The molecule has 2 aromatic rings. The lowest BCUT2D eigenvalue weighted by atomic mass is 9.95. The number of benzene rings is 1. The Hall–Kier alpha value is -2.16. The molecule has 0 aliphatic heterocycles. The summed E-state index contributed by atoms with van der Waals surface area (Å²) in [4.78, 5) is 15.3. The maximum Gasteiger partial charge on any atom is 0.336 e. The van der Waals surface area contributed by atoms with Crippen LogP contribution in [0.4, 0.5) is 0 Å². The maximum absolute atomic E-state index is 11.2. The lowest BCUT2D eigenvalue weighted by Crippen LogP contribution is -2.05. The third-order valence-corrected chi connectivity index (χ3v) is 4.12. The smallest absolute Gasteiger partial charge is 0.336 e. The van der Waals surface area contributed by atoms with Gasteiger partial charge < -0.3 is 5.11 Å². The number of carboxylic acids is 1. The van der Waals surface area contributed by atoms with Crippen molar-refractivity contribution >= 4 is 5.97 Å². The highest BCUT2D eigenvalue weighted by molar-refractivity contribution is 5.89. The first-order valence-corrected chi connectivity index (χ1v) is 7.41. The highest BCUT2D eigenvalue weighted by atomic mass is 16.4. The number of rotatable bonds is 5. The van der Waals surface area contributed by atoms with Crippen molar-refractivity contribution in [1.29, 1.82) is 0 Å². The molecule has 1 aliphatic rings. The second-order valence-corrected chi connectivity index (χ2v) is 5.81. The molecular formula is C18H19NO2. The van der Waals surface area contributed by atoms with Crippen molar-refractivity contribution in [2.24, 2.45) is 0 Å². The first-order valence-electron chi connectivity index (χ1n) is 7.41. The van der Waals surface area contributed by atoms with E-state index in [9.17, 15) is 9.90 Å². The summed E-state index contributed by atoms with van der Waals surface area (Å²) in [5.41, 5.74) is 5.28. The molecule has 21 heavy (non-hydrogen) atoms. The highest BCUT2D eigenvalue weighted by Gasteiger charge is 2.25. The fourth-order valence-electron chi connectivity index (χ4n) is 2.82. The molecule has 1 aromatic heterocycles. The molecule has 1 N–H and O–H groups in total. The molecule has 1 aliphatic carbocycles. The van der Waals surface area contributed by atoms with Crippen LogP contribution in [0, 0.1) is 6.92 Å². The van der Waals surface area contributed by atoms with Crippen LogP contribution in [0.15, 0.2) is 36.7 Å². The molecule has 0 unspecified atom stereocenters. The van der Waals surface area contributed by atoms with E-state index in [2.05, 4.69) is 30.1 Å². The second kappa shape index (κ2) is 5.68. The van der Waals surface area contributed by atoms with Gasteiger partial charge in [-0.15, -0.1) is 0 Å². The standard InChI is InChI=1S/C18H19NO2/c1-12-2-3-13(17(10-12)14-4-5-14)6-7-15-11-19-9-8-16(15)18(20)21/h2-3,8-11,14H,4-7H2,1H3,(H,20,21). The van der Waals surface area contributed by atoms with Gasteiger partial charge in [-0.3, -0.25) is 4.98 Å². The molecule has 3 rings (SSSR count). The van der Waals surface area contributed by atoms with Gasteiger partial charge in [0.2, 0.25) is 0 Å². The van der Waals surface area contributed by atoms with Crippen LogP contribution in [0.3, 0.4) is 0 Å². The first-order chi connectivity index (χ1) is 10.1. The number of hydrogen-bond donors (Lipinski definition) is 1. The SMILES string of the molecule is Cc1ccc(CCc2cnccc2C(=O)O)c(C2CC2)c1. The first kappa shape index (κ1) is 13.8. The van der Waals surface area contributed by atoms with Gasteiger partial charge in [-0.05, 0) is 61.3 Å². The lowest BCUT2D eigenvalue weighted by Gasteiger charge is -2.11. The Morgan fingerprint density at radius 3 is 2.71 bits per heavy atom. The van der Waals surface area contributed by atoms with Gasteiger partial charge in [0.25, 0.3) is 0 Å². The summed E-state index contributed by atoms with van der Waals surface area (Å²) < 4.78 is 0. The number of carboxylic acid groups (broad SMARTS) is 1. The molecule has 0 amide bonds. The molecule has 1 fully saturated rings. The van der Waals surface area contributed by atoms with E-state index in [0.29, 0.717) is 11.5 Å². The van der Waals surface area contributed by atoms with Gasteiger partial charge in [0, 0.05) is 12.4 Å². The highest BCUT2D eigenvalue weighted by Crippen LogP contribution is 2.42. The van der Waals surface area contributed by atoms with Crippen molar-refractivity contribution in [3.63, 3.8) is 0 Å². The molecule has 0 radical (unpaired) electrons. The minimum Gasteiger partial charge on any atom is -0.478 e. The molecular weight excluding hydrogens is 262 g/mol. The zero-order valence-electron chi connectivity index (χ0n) is 12.2. The van der Waals surface area contributed by atoms with E-state index < -0.39 is 5.97 Å². The van der Waals surface area contributed by atoms with Crippen LogP contribution in [0.2, 0.25) is 0 Å². The zero-order chi connectivity index (χ0) is 14.8. The van der Waals surface area contributed by atoms with Crippen molar-refractivity contribution in [2.45, 2.75) is 38.5 Å². The Balaban J connectivity index is 1.81. The third kappa shape index (κ3) is 3.13. The van der Waals surface area contributed by atoms with Gasteiger partial charge in [0.15, 0.2) is 0 Å². The van der Waals surface area contributed by atoms with Crippen LogP contribution in [-0.2, 0) is 12.8 Å². The van der Waals surface area contributed by atoms with E-state index >= 15 is 0 Å². The Morgan fingerprint density at radius 1 is 1.24 bits per heavy atom. The van der Waals surface area contributed by atoms with Gasteiger partial charge >= 0.3 is 5.97 Å². The number of hydrogen-bond acceptors (Lipinski definition) is 2. The predicted molar refractivity (Wildman–Crippen MR) is 81.8 cm³/mol. The number of nitrogens with zero attached hydrogens (tertiary/aromatic N) is 1. The van der Waals surface area contributed by atoms with Gasteiger partial charge in [-0.1, -0.05) is 23.8 Å². The summed E-state index contributed by atoms with van der Waals surface area (Å²) in [6, 6.07) is 8.20. The third-order valence-electron chi connectivity index (χ3n) is 4.12. The van der Waals surface area contributed by atoms with Crippen LogP contribution >= 0.6 is 0 Å². The summed E-state index contributed by atoms with van der Waals surface area (Å²) in [6.07, 6.45) is 7.37. The molecule has 108 valence electrons. The zero-order valence-corrected chi connectivity index (χ0v) is 12.2. The Labute approximate surface area is 124 Å². The average Bonchev–Trinajstić information content (AvgIpc) is 3.30. The number of pyridine rings is 1. The predicted octanol–water partition coefficient (Wildman–Crippen LogP) is 3.75. The van der Waals surface area contributed by atoms with Crippen LogP contribution < -0.4 is 0 Å². The normalized spacial score (nSPS) is 14.1. The average molecular weight is 281 g/mol. The minimum absolute atomic E-state index is 0.366. The van der Waals surface area contributed by atoms with E-state index in [1.54, 1.807) is 12.3 Å². The van der Waals surface area contributed by atoms with Crippen molar-refractivity contribution < 1.29 is 9.90 Å². The molecule has 1 heterocycles. The topological polar surface area (TPSA) is 50.2 Å². The summed E-state index contributed by atoms with van der Waals surface area (Å²) in [7, 11) is 0. The molecule has 3 heteroatoms. The van der Waals surface area contributed by atoms with E-state index in [4.69, 9.17) is 0 Å². The summed E-state index contributed by atoms with van der Waals surface area (Å²) in [6.45, 7) is 2.12. The number of aromatic carboxylic acids is 1. The molecule has 0 bridgehead atoms. The van der Waals surface area contributed by atoms with Crippen molar-refractivity contribution in [1.82, 2.24) is 4.98 Å². The quantitative estimate of drug-likeness (QED) is 0.908. The monoisotopic (exact) mass is 281 g/mol. The van der Waals surface area contributed by atoms with E-state index in [1.165, 1.54) is 35.7 Å². The van der Waals surface area contributed by atoms with Crippen molar-refractivity contribution in [2.75, 3.05) is 0 Å². The Kier molecular flexibility index (Phi) is 3.74. The van der Waals surface area contributed by atoms with Crippen molar-refractivity contribution in [3.05, 3.63) is 64.5 Å². The maximum atomic E-state index is 11.2. The fourth-order valence-corrected chi connectivity index (χ4v) is 2.82. The fraction of sp³-hybridized carbons (Fsp3) is 0.333. The van der Waals surface area contributed by atoms with Crippen molar-refractivity contribution in [3.8, 4) is 0 Å². The van der Waals surface area contributed by atoms with Gasteiger partial charge in [0.05, 0.1) is 5.56 Å². The van der Waals surface area contributed by atoms with Gasteiger partial charge in [0.1, 0.15) is 0 Å². The van der Waals surface area contributed by atoms with Crippen LogP contribution in [0.5, 0.6) is 0 Å². The number of aromatic nitrogens is 1. The molecule has 0 saturated heterocycles. The van der Waals surface area contributed by atoms with Crippen LogP contribution in [-0.4, -0.2) is 16.1 Å². The van der Waals surface area contributed by atoms with E-state index in [-0.39, 0.29) is 0 Å². The van der Waals surface area contributed by atoms with Crippen LogP contribution in [0.1, 0.15) is 51.4 Å². The largest absolute Gasteiger partial charge is 0.478 e. The molecule has 1 saturated carbocycles. The van der Waals surface area contributed by atoms with E-state index in [0.717, 1.165) is 18.4 Å². The summed E-state index contributed by atoms with van der Waals surface area (Å²) in [5, 5.41) is 9.22. The Bertz CT molecular complexity index is 675. The van der Waals surface area contributed by atoms with E-state index in [1.807, 2.05) is 0 Å². The number of carbonyl (C=O) groups is 1. The van der Waals surface area contributed by atoms with Gasteiger partial charge in [-0.25, -0.2) is 4.79 Å². The lowest BCUT2D eigenvalue weighted by molar-refractivity contribution is 0.0695. The number of aryl methyl sites for hydroxylation is 3. The Morgan fingerprint density at radius 2 is 2.00 bits per heavy atom. The molecule has 0 spiro atoms. The second-order valence-electron chi connectivity index (χ2n) is 5.81. The molecule has 3 nitrogen and oxygen atoms in total. The molecule has 1 aromatic carbocycles. The van der Waals surface area contributed by atoms with Crippen LogP contribution in [0.25, 0.3) is 0 Å². The summed E-state index contributed by atoms with van der Waals surface area (Å²) in [5.74, 6) is -0.161. The minimum atomic E-state index is -0.876. The summed E-state index contributed by atoms with van der Waals surface area (Å²) >= 11 is 0. The van der Waals surface area contributed by atoms with Gasteiger partial charge in [-0.2, -0.15) is 0 Å².